The summed E-state index contributed by atoms with van der Waals surface area (Å²) >= 11 is 6.60. The highest BCUT2D eigenvalue weighted by Gasteiger charge is 2.36. The van der Waals surface area contributed by atoms with E-state index in [1.807, 2.05) is 37.4 Å². The molecule has 2 heterocycles. The van der Waals surface area contributed by atoms with E-state index in [-0.39, 0.29) is 5.41 Å². The number of aromatic hydroxyl groups is 1. The van der Waals surface area contributed by atoms with Gasteiger partial charge in [-0.05, 0) is 36.6 Å². The zero-order chi connectivity index (χ0) is 21.7. The van der Waals surface area contributed by atoms with Crippen LogP contribution < -0.4 is 10.2 Å². The number of hydrogen-bond donors (Lipinski definition) is 2. The number of ether oxygens (including phenoxy) is 1. The van der Waals surface area contributed by atoms with Gasteiger partial charge in [-0.3, -0.25) is 4.99 Å². The molecule has 0 bridgehead atoms. The van der Waals surface area contributed by atoms with E-state index in [9.17, 15) is 5.11 Å². The fourth-order valence-corrected chi connectivity index (χ4v) is 5.00. The molecule has 0 amide bonds. The van der Waals surface area contributed by atoms with Crippen molar-refractivity contribution >= 4 is 23.2 Å². The third-order valence-corrected chi connectivity index (χ3v) is 6.82. The molecule has 0 spiro atoms. The molecule has 0 aliphatic carbocycles. The predicted octanol–water partition coefficient (Wildman–Crippen LogP) is 3.49. The summed E-state index contributed by atoms with van der Waals surface area (Å²) in [6, 6.07) is 15.7. The van der Waals surface area contributed by atoms with Gasteiger partial charge in [0.15, 0.2) is 5.96 Å². The van der Waals surface area contributed by atoms with Crippen LogP contribution in [-0.2, 0) is 10.2 Å². The molecular formula is C24H31ClN4O2. The number of phenols is 1. The van der Waals surface area contributed by atoms with Gasteiger partial charge < -0.3 is 25.0 Å². The highest BCUT2D eigenvalue weighted by atomic mass is 35.5. The second-order valence-corrected chi connectivity index (χ2v) is 8.64. The molecule has 0 aromatic heterocycles. The van der Waals surface area contributed by atoms with E-state index < -0.39 is 0 Å². The number of phenolic OH excluding ortho intramolecular Hbond substituents is 1. The summed E-state index contributed by atoms with van der Waals surface area (Å²) < 4.78 is 5.66. The Hall–Kier alpha value is -2.44. The second-order valence-electron chi connectivity index (χ2n) is 8.24. The maximum Gasteiger partial charge on any atom is 0.193 e. The third kappa shape index (κ3) is 4.75. The molecule has 2 aliphatic rings. The van der Waals surface area contributed by atoms with Gasteiger partial charge in [-0.1, -0.05) is 41.9 Å². The molecule has 166 valence electrons. The first-order valence-electron chi connectivity index (χ1n) is 10.9. The SMILES string of the molecule is CN=C(NCC1(c2ccccc2Cl)CCOCC1)N1CCN(c2ccccc2O)CC1. The summed E-state index contributed by atoms with van der Waals surface area (Å²) in [4.78, 5) is 9.07. The quantitative estimate of drug-likeness (QED) is 0.560. The minimum atomic E-state index is -0.0653. The van der Waals surface area contributed by atoms with Crippen LogP contribution in [0.15, 0.2) is 53.5 Å². The average molecular weight is 443 g/mol. The molecule has 7 heteroatoms. The van der Waals surface area contributed by atoms with Crippen LogP contribution in [-0.4, -0.2) is 69.0 Å². The number of benzene rings is 2. The molecule has 31 heavy (non-hydrogen) atoms. The fraction of sp³-hybridized carbons (Fsp3) is 0.458. The van der Waals surface area contributed by atoms with Crippen molar-refractivity contribution < 1.29 is 9.84 Å². The van der Waals surface area contributed by atoms with Crippen molar-refractivity contribution in [2.75, 3.05) is 57.9 Å². The summed E-state index contributed by atoms with van der Waals surface area (Å²) in [6.45, 7) is 5.61. The monoisotopic (exact) mass is 442 g/mol. The third-order valence-electron chi connectivity index (χ3n) is 6.49. The molecule has 2 aromatic rings. The van der Waals surface area contributed by atoms with Crippen LogP contribution in [0.2, 0.25) is 5.02 Å². The van der Waals surface area contributed by atoms with Gasteiger partial charge in [0, 0.05) is 63.4 Å². The number of para-hydroxylation sites is 2. The topological polar surface area (TPSA) is 60.3 Å². The van der Waals surface area contributed by atoms with Crippen molar-refractivity contribution in [3.8, 4) is 5.75 Å². The zero-order valence-electron chi connectivity index (χ0n) is 18.1. The Kier molecular flexibility index (Phi) is 6.88. The molecule has 0 atom stereocenters. The summed E-state index contributed by atoms with van der Waals surface area (Å²) in [5, 5.41) is 14.6. The van der Waals surface area contributed by atoms with E-state index in [1.165, 1.54) is 5.56 Å². The van der Waals surface area contributed by atoms with Crippen molar-refractivity contribution in [1.82, 2.24) is 10.2 Å². The Balaban J connectivity index is 1.42. The van der Waals surface area contributed by atoms with Crippen LogP contribution in [0.1, 0.15) is 18.4 Å². The van der Waals surface area contributed by atoms with Gasteiger partial charge in [-0.15, -0.1) is 0 Å². The van der Waals surface area contributed by atoms with Gasteiger partial charge >= 0.3 is 0 Å². The summed E-state index contributed by atoms with van der Waals surface area (Å²) in [5.74, 6) is 1.24. The maximum absolute atomic E-state index is 10.2. The van der Waals surface area contributed by atoms with Gasteiger partial charge in [0.1, 0.15) is 5.75 Å². The normalized spacial score (nSPS) is 19.4. The zero-order valence-corrected chi connectivity index (χ0v) is 18.8. The number of nitrogens with one attached hydrogen (secondary N) is 1. The maximum atomic E-state index is 10.2. The number of piperazine rings is 1. The lowest BCUT2D eigenvalue weighted by atomic mass is 9.74. The van der Waals surface area contributed by atoms with Crippen LogP contribution in [0.5, 0.6) is 5.75 Å². The minimum absolute atomic E-state index is 0.0653. The second kappa shape index (κ2) is 9.79. The lowest BCUT2D eigenvalue weighted by Gasteiger charge is -2.41. The molecule has 4 rings (SSSR count). The molecule has 2 N–H and O–H groups in total. The van der Waals surface area contributed by atoms with Crippen LogP contribution >= 0.6 is 11.6 Å². The highest BCUT2D eigenvalue weighted by Crippen LogP contribution is 2.38. The molecule has 0 unspecified atom stereocenters. The van der Waals surface area contributed by atoms with Gasteiger partial charge in [-0.2, -0.15) is 0 Å². The van der Waals surface area contributed by atoms with Crippen molar-refractivity contribution in [1.29, 1.82) is 0 Å². The smallest absolute Gasteiger partial charge is 0.193 e. The molecule has 0 saturated carbocycles. The molecule has 2 saturated heterocycles. The number of nitrogens with zero attached hydrogens (tertiary/aromatic N) is 3. The first-order chi connectivity index (χ1) is 15.1. The van der Waals surface area contributed by atoms with E-state index in [4.69, 9.17) is 16.3 Å². The number of rotatable bonds is 4. The number of halogens is 1. The largest absolute Gasteiger partial charge is 0.506 e. The molecular weight excluding hydrogens is 412 g/mol. The fourth-order valence-electron chi connectivity index (χ4n) is 4.67. The van der Waals surface area contributed by atoms with Gasteiger partial charge in [-0.25, -0.2) is 0 Å². The first-order valence-corrected chi connectivity index (χ1v) is 11.3. The highest BCUT2D eigenvalue weighted by molar-refractivity contribution is 6.31. The Morgan fingerprint density at radius 3 is 2.42 bits per heavy atom. The Bertz CT molecular complexity index is 906. The molecule has 2 fully saturated rings. The summed E-state index contributed by atoms with van der Waals surface area (Å²) in [6.07, 6.45) is 1.86. The number of aliphatic imine (C=N–C) groups is 1. The van der Waals surface area contributed by atoms with E-state index in [0.717, 1.165) is 75.4 Å². The van der Waals surface area contributed by atoms with Crippen LogP contribution in [0, 0.1) is 0 Å². The number of guanidine groups is 1. The number of hydrogen-bond acceptors (Lipinski definition) is 4. The van der Waals surface area contributed by atoms with E-state index >= 15 is 0 Å². The van der Waals surface area contributed by atoms with Crippen molar-refractivity contribution in [3.63, 3.8) is 0 Å². The lowest BCUT2D eigenvalue weighted by molar-refractivity contribution is 0.0512. The standard InChI is InChI=1S/C24H31ClN4O2/c1-26-23(29-14-12-28(13-15-29)21-8-4-5-9-22(21)30)27-18-24(10-16-31-17-11-24)19-6-2-3-7-20(19)25/h2-9,30H,10-18H2,1H3,(H,26,27). The van der Waals surface area contributed by atoms with Gasteiger partial charge in [0.2, 0.25) is 0 Å². The number of anilines is 1. The molecule has 2 aliphatic heterocycles. The average Bonchev–Trinajstić information content (AvgIpc) is 2.81. The molecule has 0 radical (unpaired) electrons. The van der Waals surface area contributed by atoms with E-state index in [1.54, 1.807) is 6.07 Å². The molecule has 6 nitrogen and oxygen atoms in total. The van der Waals surface area contributed by atoms with Crippen LogP contribution in [0.4, 0.5) is 5.69 Å². The van der Waals surface area contributed by atoms with Gasteiger partial charge in [0.25, 0.3) is 0 Å². The summed E-state index contributed by atoms with van der Waals surface area (Å²) in [7, 11) is 1.84. The Morgan fingerprint density at radius 1 is 1.06 bits per heavy atom. The van der Waals surface area contributed by atoms with Crippen LogP contribution in [0.3, 0.4) is 0 Å². The predicted molar refractivity (Wildman–Crippen MR) is 126 cm³/mol. The first kappa shape index (κ1) is 21.8. The van der Waals surface area contributed by atoms with E-state index in [2.05, 4.69) is 32.2 Å². The van der Waals surface area contributed by atoms with Crippen LogP contribution in [0.25, 0.3) is 0 Å². The summed E-state index contributed by atoms with van der Waals surface area (Å²) in [5.41, 5.74) is 2.02. The minimum Gasteiger partial charge on any atom is -0.506 e. The van der Waals surface area contributed by atoms with Crippen molar-refractivity contribution in [2.45, 2.75) is 18.3 Å². The van der Waals surface area contributed by atoms with Crippen molar-refractivity contribution in [2.24, 2.45) is 4.99 Å². The Morgan fingerprint density at radius 2 is 1.74 bits per heavy atom. The molecule has 2 aromatic carbocycles. The lowest BCUT2D eigenvalue weighted by Crippen LogP contribution is -2.55. The van der Waals surface area contributed by atoms with Crippen molar-refractivity contribution in [3.05, 3.63) is 59.1 Å². The Labute approximate surface area is 189 Å². The van der Waals surface area contributed by atoms with E-state index in [0.29, 0.717) is 5.75 Å². The van der Waals surface area contributed by atoms with Gasteiger partial charge in [0.05, 0.1) is 5.69 Å².